The Hall–Kier alpha value is -4.92. The van der Waals surface area contributed by atoms with Gasteiger partial charge in [-0.15, -0.1) is 0 Å². The average Bonchev–Trinajstić information content (AvgIpc) is 3.38. The predicted octanol–water partition coefficient (Wildman–Crippen LogP) is 5.46. The van der Waals surface area contributed by atoms with Crippen molar-refractivity contribution in [3.05, 3.63) is 96.2 Å². The third-order valence-electron chi connectivity index (χ3n) is 6.49. The molecule has 0 fully saturated rings. The van der Waals surface area contributed by atoms with E-state index in [9.17, 15) is 9.90 Å². The van der Waals surface area contributed by atoms with Crippen LogP contribution in [0.1, 0.15) is 16.7 Å². The zero-order chi connectivity index (χ0) is 25.2. The number of rotatable bonds is 6. The molecule has 4 aromatic heterocycles. The van der Waals surface area contributed by atoms with Gasteiger partial charge in [0.2, 0.25) is 0 Å². The van der Waals surface area contributed by atoms with E-state index in [4.69, 9.17) is 4.74 Å². The van der Waals surface area contributed by atoms with Crippen LogP contribution in [0.15, 0.2) is 79.5 Å². The number of hydrogen-bond acceptors (Lipinski definition) is 6. The van der Waals surface area contributed by atoms with Gasteiger partial charge < -0.3 is 25.0 Å². The SMILES string of the molecule is O=C(O)N1CCc2ccc(Oc3ccnc4[nH]cc(-c5ccnc(NCc6cccnc6)c5)c34)cc2C1. The van der Waals surface area contributed by atoms with Crippen molar-refractivity contribution in [2.24, 2.45) is 0 Å². The molecule has 0 atom stereocenters. The second-order valence-corrected chi connectivity index (χ2v) is 8.87. The van der Waals surface area contributed by atoms with E-state index in [2.05, 4.69) is 25.3 Å². The normalized spacial score (nSPS) is 12.8. The van der Waals surface area contributed by atoms with Gasteiger partial charge in [-0.05, 0) is 65.1 Å². The Kier molecular flexibility index (Phi) is 5.86. The van der Waals surface area contributed by atoms with Crippen LogP contribution in [0.2, 0.25) is 0 Å². The maximum Gasteiger partial charge on any atom is 0.407 e. The maximum absolute atomic E-state index is 11.4. The van der Waals surface area contributed by atoms with Gasteiger partial charge in [-0.3, -0.25) is 4.98 Å². The van der Waals surface area contributed by atoms with E-state index in [-0.39, 0.29) is 0 Å². The molecule has 6 rings (SSSR count). The molecular formula is C28H24N6O3. The van der Waals surface area contributed by atoms with Crippen LogP contribution in [-0.2, 0) is 19.5 Å². The number of aromatic nitrogens is 4. The number of nitrogens with zero attached hydrogens (tertiary/aromatic N) is 4. The molecule has 0 bridgehead atoms. The number of pyridine rings is 3. The minimum Gasteiger partial charge on any atom is -0.465 e. The minimum absolute atomic E-state index is 0.356. The molecular weight excluding hydrogens is 468 g/mol. The van der Waals surface area contributed by atoms with Crippen molar-refractivity contribution in [1.82, 2.24) is 24.8 Å². The van der Waals surface area contributed by atoms with E-state index < -0.39 is 6.09 Å². The standard InChI is InChI=1S/C28H24N6O3/c35-28(36)34-11-7-19-3-4-22(12-21(19)17-34)37-24-6-10-31-27-26(24)23(16-33-27)20-5-9-30-25(13-20)32-15-18-2-1-8-29-14-18/h1-6,8-10,12-14,16H,7,11,15,17H2,(H,30,32)(H,31,33)(H,35,36). The fourth-order valence-electron chi connectivity index (χ4n) is 4.62. The second-order valence-electron chi connectivity index (χ2n) is 8.87. The summed E-state index contributed by atoms with van der Waals surface area (Å²) in [7, 11) is 0. The molecule has 9 heteroatoms. The number of H-pyrrole nitrogens is 1. The summed E-state index contributed by atoms with van der Waals surface area (Å²) in [6.45, 7) is 1.48. The molecule has 1 aromatic carbocycles. The molecule has 0 saturated carbocycles. The fraction of sp³-hybridized carbons (Fsp3) is 0.143. The molecule has 0 aliphatic carbocycles. The van der Waals surface area contributed by atoms with Crippen LogP contribution in [0.4, 0.5) is 10.6 Å². The topological polar surface area (TPSA) is 116 Å². The number of nitrogens with one attached hydrogen (secondary N) is 2. The number of carboxylic acid groups (broad SMARTS) is 1. The van der Waals surface area contributed by atoms with Gasteiger partial charge in [0.25, 0.3) is 0 Å². The quantitative estimate of drug-likeness (QED) is 0.288. The fourth-order valence-corrected chi connectivity index (χ4v) is 4.62. The summed E-state index contributed by atoms with van der Waals surface area (Å²) < 4.78 is 6.35. The molecule has 1 aliphatic heterocycles. The molecule has 184 valence electrons. The first-order valence-electron chi connectivity index (χ1n) is 12.0. The number of ether oxygens (including phenoxy) is 1. The van der Waals surface area contributed by atoms with Gasteiger partial charge in [-0.2, -0.15) is 0 Å². The van der Waals surface area contributed by atoms with Crippen LogP contribution < -0.4 is 10.1 Å². The number of aromatic amines is 1. The first-order chi connectivity index (χ1) is 18.1. The third-order valence-corrected chi connectivity index (χ3v) is 6.49. The zero-order valence-electron chi connectivity index (χ0n) is 19.9. The van der Waals surface area contributed by atoms with Gasteiger partial charge in [0.15, 0.2) is 0 Å². The highest BCUT2D eigenvalue weighted by Gasteiger charge is 2.21. The Labute approximate surface area is 212 Å². The molecule has 5 aromatic rings. The van der Waals surface area contributed by atoms with Crippen molar-refractivity contribution < 1.29 is 14.6 Å². The van der Waals surface area contributed by atoms with E-state index >= 15 is 0 Å². The summed E-state index contributed by atoms with van der Waals surface area (Å²) in [5.74, 6) is 2.06. The molecule has 3 N–H and O–H groups in total. The van der Waals surface area contributed by atoms with Crippen molar-refractivity contribution >= 4 is 22.9 Å². The van der Waals surface area contributed by atoms with Gasteiger partial charge in [0, 0.05) is 56.2 Å². The minimum atomic E-state index is -0.906. The molecule has 0 unspecified atom stereocenters. The summed E-state index contributed by atoms with van der Waals surface area (Å²) in [4.78, 5) is 29.2. The van der Waals surface area contributed by atoms with Crippen molar-refractivity contribution in [2.75, 3.05) is 11.9 Å². The summed E-state index contributed by atoms with van der Waals surface area (Å²) in [6.07, 6.45) is 8.76. The maximum atomic E-state index is 11.4. The Morgan fingerprint density at radius 1 is 1.08 bits per heavy atom. The first kappa shape index (κ1) is 22.5. The largest absolute Gasteiger partial charge is 0.465 e. The Bertz CT molecular complexity index is 1580. The second kappa shape index (κ2) is 9.62. The van der Waals surface area contributed by atoms with E-state index in [0.717, 1.165) is 39.0 Å². The lowest BCUT2D eigenvalue weighted by Gasteiger charge is -2.26. The molecule has 0 radical (unpaired) electrons. The highest BCUT2D eigenvalue weighted by Crippen LogP contribution is 2.37. The monoisotopic (exact) mass is 492 g/mol. The lowest BCUT2D eigenvalue weighted by atomic mass is 10.00. The Morgan fingerprint density at radius 3 is 2.86 bits per heavy atom. The number of fused-ring (bicyclic) bond motifs is 2. The molecule has 1 aliphatic rings. The third kappa shape index (κ3) is 4.66. The number of amides is 1. The molecule has 0 spiro atoms. The van der Waals surface area contributed by atoms with Crippen LogP contribution >= 0.6 is 0 Å². The van der Waals surface area contributed by atoms with E-state index in [1.165, 1.54) is 4.90 Å². The van der Waals surface area contributed by atoms with Crippen LogP contribution in [0.5, 0.6) is 11.5 Å². The number of hydrogen-bond donors (Lipinski definition) is 3. The van der Waals surface area contributed by atoms with Gasteiger partial charge >= 0.3 is 6.09 Å². The van der Waals surface area contributed by atoms with Gasteiger partial charge in [-0.25, -0.2) is 14.8 Å². The van der Waals surface area contributed by atoms with Crippen LogP contribution in [0, 0.1) is 0 Å². The lowest BCUT2D eigenvalue weighted by Crippen LogP contribution is -2.34. The van der Waals surface area contributed by atoms with E-state index in [1.807, 2.05) is 60.9 Å². The zero-order valence-corrected chi connectivity index (χ0v) is 19.9. The van der Waals surface area contributed by atoms with Gasteiger partial charge in [0.1, 0.15) is 23.0 Å². The van der Waals surface area contributed by atoms with Gasteiger partial charge in [-0.1, -0.05) is 12.1 Å². The first-order valence-corrected chi connectivity index (χ1v) is 12.0. The number of anilines is 1. The van der Waals surface area contributed by atoms with Crippen LogP contribution in [0.3, 0.4) is 0 Å². The highest BCUT2D eigenvalue weighted by molar-refractivity contribution is 5.98. The molecule has 37 heavy (non-hydrogen) atoms. The van der Waals surface area contributed by atoms with Crippen molar-refractivity contribution in [3.8, 4) is 22.6 Å². The van der Waals surface area contributed by atoms with Crippen molar-refractivity contribution in [3.63, 3.8) is 0 Å². The molecule has 1 amide bonds. The Morgan fingerprint density at radius 2 is 2.00 bits per heavy atom. The summed E-state index contributed by atoms with van der Waals surface area (Å²) in [5.41, 5.74) is 5.80. The van der Waals surface area contributed by atoms with E-state index in [1.54, 1.807) is 18.6 Å². The molecule has 5 heterocycles. The smallest absolute Gasteiger partial charge is 0.407 e. The average molecular weight is 493 g/mol. The predicted molar refractivity (Wildman–Crippen MR) is 140 cm³/mol. The summed E-state index contributed by atoms with van der Waals surface area (Å²) in [5, 5.41) is 13.6. The highest BCUT2D eigenvalue weighted by atomic mass is 16.5. The van der Waals surface area contributed by atoms with Crippen LogP contribution in [0.25, 0.3) is 22.2 Å². The van der Waals surface area contributed by atoms with Gasteiger partial charge in [0.05, 0.1) is 5.39 Å². The van der Waals surface area contributed by atoms with Crippen molar-refractivity contribution in [2.45, 2.75) is 19.5 Å². The van der Waals surface area contributed by atoms with Crippen molar-refractivity contribution in [1.29, 1.82) is 0 Å². The summed E-state index contributed by atoms with van der Waals surface area (Å²) >= 11 is 0. The molecule has 9 nitrogen and oxygen atoms in total. The Balaban J connectivity index is 1.29. The molecule has 0 saturated heterocycles. The number of benzene rings is 1. The van der Waals surface area contributed by atoms with E-state index in [0.29, 0.717) is 43.2 Å². The number of carbonyl (C=O) groups is 1. The summed E-state index contributed by atoms with van der Waals surface area (Å²) in [6, 6.07) is 15.6. The van der Waals surface area contributed by atoms with Crippen LogP contribution in [-0.4, -0.2) is 42.6 Å². The lowest BCUT2D eigenvalue weighted by molar-refractivity contribution is 0.140.